The predicted octanol–water partition coefficient (Wildman–Crippen LogP) is 1.45. The van der Waals surface area contributed by atoms with Crippen LogP contribution in [0, 0.1) is 0 Å². The normalized spacial score (nSPS) is 11.9. The summed E-state index contributed by atoms with van der Waals surface area (Å²) in [6.45, 7) is 9.66. The van der Waals surface area contributed by atoms with Crippen molar-refractivity contribution in [2.24, 2.45) is 0 Å². The van der Waals surface area contributed by atoms with Crippen molar-refractivity contribution in [3.63, 3.8) is 0 Å². The highest BCUT2D eigenvalue weighted by atomic mass is 16.2. The van der Waals surface area contributed by atoms with Crippen LogP contribution in [-0.2, 0) is 6.42 Å². The molecular formula is C13H20N4O2. The number of hydrogen-bond acceptors (Lipinski definition) is 3. The van der Waals surface area contributed by atoms with E-state index in [1.165, 1.54) is 4.68 Å². The summed E-state index contributed by atoms with van der Waals surface area (Å²) < 4.78 is 2.55. The zero-order valence-electron chi connectivity index (χ0n) is 12.0. The van der Waals surface area contributed by atoms with Crippen LogP contribution in [0.2, 0.25) is 0 Å². The topological polar surface area (TPSA) is 72.2 Å². The first-order valence-electron chi connectivity index (χ1n) is 6.64. The van der Waals surface area contributed by atoms with Crippen LogP contribution in [0.1, 0.15) is 57.8 Å². The molecule has 2 aromatic heterocycles. The SMILES string of the molecule is CCc1c(C(C)C)nc2[nH]n(C(C)C)c(=O)n2c1=O. The van der Waals surface area contributed by atoms with Crippen LogP contribution in [0.5, 0.6) is 0 Å². The van der Waals surface area contributed by atoms with Crippen molar-refractivity contribution in [2.45, 2.75) is 53.0 Å². The van der Waals surface area contributed by atoms with E-state index >= 15 is 0 Å². The molecule has 1 N–H and O–H groups in total. The minimum atomic E-state index is -0.354. The second kappa shape index (κ2) is 4.68. The second-order valence-corrected chi connectivity index (χ2v) is 5.31. The Kier molecular flexibility index (Phi) is 3.34. The van der Waals surface area contributed by atoms with Crippen molar-refractivity contribution in [3.8, 4) is 0 Å². The Hall–Kier alpha value is -1.85. The van der Waals surface area contributed by atoms with Gasteiger partial charge < -0.3 is 0 Å². The van der Waals surface area contributed by atoms with E-state index in [0.29, 0.717) is 17.8 Å². The molecule has 6 heteroatoms. The molecule has 0 fully saturated rings. The Morgan fingerprint density at radius 3 is 2.32 bits per heavy atom. The summed E-state index contributed by atoms with van der Waals surface area (Å²) in [6.07, 6.45) is 0.578. The van der Waals surface area contributed by atoms with E-state index in [1.54, 1.807) is 0 Å². The van der Waals surface area contributed by atoms with Crippen LogP contribution in [-0.4, -0.2) is 19.2 Å². The van der Waals surface area contributed by atoms with Gasteiger partial charge in [-0.3, -0.25) is 9.89 Å². The monoisotopic (exact) mass is 264 g/mol. The number of hydrogen-bond donors (Lipinski definition) is 1. The van der Waals surface area contributed by atoms with Gasteiger partial charge in [-0.25, -0.2) is 14.5 Å². The van der Waals surface area contributed by atoms with E-state index in [9.17, 15) is 9.59 Å². The Bertz CT molecular complexity index is 719. The first kappa shape index (κ1) is 13.6. The molecule has 0 aliphatic heterocycles. The number of nitrogens with one attached hydrogen (secondary N) is 1. The fraction of sp³-hybridized carbons (Fsp3) is 0.615. The molecule has 6 nitrogen and oxygen atoms in total. The molecule has 0 amide bonds. The van der Waals surface area contributed by atoms with Crippen molar-refractivity contribution in [2.75, 3.05) is 0 Å². The van der Waals surface area contributed by atoms with Gasteiger partial charge in [0.1, 0.15) is 0 Å². The molecule has 0 bridgehead atoms. The van der Waals surface area contributed by atoms with Gasteiger partial charge in [0.15, 0.2) is 0 Å². The molecule has 0 radical (unpaired) electrons. The molecule has 19 heavy (non-hydrogen) atoms. The van der Waals surface area contributed by atoms with Gasteiger partial charge in [0.05, 0.1) is 5.69 Å². The quantitative estimate of drug-likeness (QED) is 0.912. The zero-order chi connectivity index (χ0) is 14.3. The molecule has 2 rings (SSSR count). The van der Waals surface area contributed by atoms with E-state index in [1.807, 2.05) is 34.6 Å². The zero-order valence-corrected chi connectivity index (χ0v) is 12.0. The average Bonchev–Trinajstić information content (AvgIpc) is 2.66. The summed E-state index contributed by atoms with van der Waals surface area (Å²) in [7, 11) is 0. The molecule has 0 atom stereocenters. The molecule has 2 aromatic rings. The highest BCUT2D eigenvalue weighted by Gasteiger charge is 2.18. The smallest absolute Gasteiger partial charge is 0.268 e. The van der Waals surface area contributed by atoms with Gasteiger partial charge in [-0.2, -0.15) is 4.40 Å². The molecule has 0 unspecified atom stereocenters. The summed E-state index contributed by atoms with van der Waals surface area (Å²) in [4.78, 5) is 29.1. The molecule has 0 spiro atoms. The van der Waals surface area contributed by atoms with Gasteiger partial charge in [-0.05, 0) is 26.2 Å². The van der Waals surface area contributed by atoms with Crippen molar-refractivity contribution in [1.29, 1.82) is 0 Å². The van der Waals surface area contributed by atoms with Gasteiger partial charge in [0.25, 0.3) is 5.56 Å². The average molecular weight is 264 g/mol. The summed E-state index contributed by atoms with van der Waals surface area (Å²) >= 11 is 0. The van der Waals surface area contributed by atoms with Gasteiger partial charge in [0, 0.05) is 11.6 Å². The second-order valence-electron chi connectivity index (χ2n) is 5.31. The first-order chi connectivity index (χ1) is 8.88. The third kappa shape index (κ3) is 2.01. The van der Waals surface area contributed by atoms with Crippen LogP contribution >= 0.6 is 0 Å². The maximum Gasteiger partial charge on any atom is 0.353 e. The van der Waals surface area contributed by atoms with Crippen LogP contribution in [0.3, 0.4) is 0 Å². The number of H-pyrrole nitrogens is 1. The van der Waals surface area contributed by atoms with E-state index in [-0.39, 0.29) is 23.2 Å². The van der Waals surface area contributed by atoms with E-state index < -0.39 is 0 Å². The first-order valence-corrected chi connectivity index (χ1v) is 6.64. The van der Waals surface area contributed by atoms with Gasteiger partial charge >= 0.3 is 5.69 Å². The van der Waals surface area contributed by atoms with Crippen LogP contribution in [0.15, 0.2) is 9.59 Å². The van der Waals surface area contributed by atoms with Gasteiger partial charge in [0.2, 0.25) is 5.78 Å². The molecule has 0 aromatic carbocycles. The number of nitrogens with zero attached hydrogens (tertiary/aromatic N) is 3. The van der Waals surface area contributed by atoms with Crippen molar-refractivity contribution < 1.29 is 0 Å². The molecular weight excluding hydrogens is 244 g/mol. The highest BCUT2D eigenvalue weighted by molar-refractivity contribution is 5.33. The third-order valence-electron chi connectivity index (χ3n) is 3.24. The van der Waals surface area contributed by atoms with E-state index in [4.69, 9.17) is 0 Å². The van der Waals surface area contributed by atoms with Crippen molar-refractivity contribution in [1.82, 2.24) is 19.2 Å². The third-order valence-corrected chi connectivity index (χ3v) is 3.24. The maximum absolute atomic E-state index is 12.4. The van der Waals surface area contributed by atoms with Crippen LogP contribution in [0.4, 0.5) is 0 Å². The van der Waals surface area contributed by atoms with Gasteiger partial charge in [-0.15, -0.1) is 0 Å². The lowest BCUT2D eigenvalue weighted by Crippen LogP contribution is -2.32. The molecule has 104 valence electrons. The highest BCUT2D eigenvalue weighted by Crippen LogP contribution is 2.15. The standard InChI is InChI=1S/C13H20N4O2/c1-6-9-10(7(2)3)14-12-15-17(8(4)5)13(19)16(12)11(9)18/h7-8H,6H2,1-5H3,(H,14,15). The fourth-order valence-electron chi connectivity index (χ4n) is 2.25. The minimum absolute atomic E-state index is 0.0406. The summed E-state index contributed by atoms with van der Waals surface area (Å²) in [5.41, 5.74) is 0.786. The lowest BCUT2D eigenvalue weighted by atomic mass is 10.0. The number of aromatic nitrogens is 4. The number of fused-ring (bicyclic) bond motifs is 1. The molecule has 0 saturated carbocycles. The Labute approximate surface area is 111 Å². The predicted molar refractivity (Wildman–Crippen MR) is 73.9 cm³/mol. The van der Waals surface area contributed by atoms with E-state index in [0.717, 1.165) is 10.1 Å². The van der Waals surface area contributed by atoms with Crippen molar-refractivity contribution in [3.05, 3.63) is 32.1 Å². The lowest BCUT2D eigenvalue weighted by molar-refractivity contribution is 0.513. The summed E-state index contributed by atoms with van der Waals surface area (Å²) in [6, 6.07) is -0.0406. The molecule has 0 aliphatic rings. The number of aromatic amines is 1. The number of rotatable bonds is 3. The molecule has 0 saturated heterocycles. The Morgan fingerprint density at radius 2 is 1.84 bits per heavy atom. The Balaban J connectivity index is 2.93. The largest absolute Gasteiger partial charge is 0.353 e. The van der Waals surface area contributed by atoms with E-state index in [2.05, 4.69) is 10.1 Å². The summed E-state index contributed by atoms with van der Waals surface area (Å²) in [5.74, 6) is 0.475. The van der Waals surface area contributed by atoms with Crippen LogP contribution in [0.25, 0.3) is 5.78 Å². The maximum atomic E-state index is 12.4. The van der Waals surface area contributed by atoms with Crippen molar-refractivity contribution >= 4 is 5.78 Å². The fourth-order valence-corrected chi connectivity index (χ4v) is 2.25. The summed E-state index contributed by atoms with van der Waals surface area (Å²) in [5, 5.41) is 2.91. The molecule has 0 aliphatic carbocycles. The Morgan fingerprint density at radius 1 is 1.21 bits per heavy atom. The minimum Gasteiger partial charge on any atom is -0.268 e. The van der Waals surface area contributed by atoms with Crippen LogP contribution < -0.4 is 11.2 Å². The molecule has 2 heterocycles. The van der Waals surface area contributed by atoms with Gasteiger partial charge in [-0.1, -0.05) is 20.8 Å². The lowest BCUT2D eigenvalue weighted by Gasteiger charge is -2.08.